The third kappa shape index (κ3) is 5.03. The van der Waals surface area contributed by atoms with Crippen LogP contribution in [0.4, 0.5) is 0 Å². The number of para-hydroxylation sites is 1. The van der Waals surface area contributed by atoms with Gasteiger partial charge in [0.2, 0.25) is 5.91 Å². The molecule has 3 aromatic rings. The molecule has 1 aromatic heterocycles. The maximum Gasteiger partial charge on any atom is 0.261 e. The largest absolute Gasteiger partial charge is 0.497 e. The lowest BCUT2D eigenvalue weighted by molar-refractivity contribution is -0.133. The van der Waals surface area contributed by atoms with E-state index in [0.717, 1.165) is 55.4 Å². The topological polar surface area (TPSA) is 76.9 Å². The Morgan fingerprint density at radius 3 is 2.51 bits per heavy atom. The van der Waals surface area contributed by atoms with E-state index in [9.17, 15) is 9.59 Å². The molecule has 0 bridgehead atoms. The van der Waals surface area contributed by atoms with Gasteiger partial charge in [-0.3, -0.25) is 19.1 Å². The summed E-state index contributed by atoms with van der Waals surface area (Å²) >= 11 is 0. The highest BCUT2D eigenvalue weighted by molar-refractivity contribution is 5.78. The number of nitrogens with zero attached hydrogens (tertiary/aromatic N) is 4. The van der Waals surface area contributed by atoms with E-state index in [4.69, 9.17) is 14.5 Å². The Balaban J connectivity index is 1.20. The van der Waals surface area contributed by atoms with Gasteiger partial charge in [-0.15, -0.1) is 0 Å². The van der Waals surface area contributed by atoms with E-state index >= 15 is 0 Å². The van der Waals surface area contributed by atoms with Crippen molar-refractivity contribution in [1.82, 2.24) is 19.4 Å². The molecule has 1 amide bonds. The van der Waals surface area contributed by atoms with Crippen molar-refractivity contribution in [3.8, 4) is 11.5 Å². The highest BCUT2D eigenvalue weighted by atomic mass is 16.5. The molecule has 1 aliphatic heterocycles. The molecule has 2 aromatic carbocycles. The minimum atomic E-state index is 0.0159. The first-order chi connectivity index (χ1) is 17.1. The molecule has 5 rings (SSSR count). The first-order valence-electron chi connectivity index (χ1n) is 12.3. The number of carbonyl (C=O) groups excluding carboxylic acids is 1. The number of rotatable bonds is 8. The maximum absolute atomic E-state index is 13.1. The van der Waals surface area contributed by atoms with E-state index in [0.29, 0.717) is 36.8 Å². The monoisotopic (exact) mass is 476 g/mol. The Labute approximate surface area is 205 Å². The van der Waals surface area contributed by atoms with Gasteiger partial charge in [0.05, 0.1) is 25.1 Å². The highest BCUT2D eigenvalue weighted by Crippen LogP contribution is 2.35. The normalized spacial score (nSPS) is 16.5. The Morgan fingerprint density at radius 2 is 1.80 bits per heavy atom. The van der Waals surface area contributed by atoms with Crippen molar-refractivity contribution in [3.63, 3.8) is 0 Å². The predicted octanol–water partition coefficient (Wildman–Crippen LogP) is 3.03. The van der Waals surface area contributed by atoms with Gasteiger partial charge in [0.15, 0.2) is 0 Å². The molecule has 0 N–H and O–H groups in total. The molecule has 2 heterocycles. The zero-order valence-corrected chi connectivity index (χ0v) is 20.4. The number of aromatic nitrogens is 2. The van der Waals surface area contributed by atoms with Crippen LogP contribution in [0, 0.1) is 0 Å². The van der Waals surface area contributed by atoms with Crippen molar-refractivity contribution in [3.05, 3.63) is 64.2 Å². The lowest BCUT2D eigenvalue weighted by atomic mass is 10.1. The van der Waals surface area contributed by atoms with E-state index < -0.39 is 0 Å². The molecule has 8 heteroatoms. The zero-order chi connectivity index (χ0) is 24.4. The lowest BCUT2D eigenvalue weighted by Gasteiger charge is -2.35. The van der Waals surface area contributed by atoms with Gasteiger partial charge >= 0.3 is 0 Å². The Morgan fingerprint density at radius 1 is 1.03 bits per heavy atom. The number of benzene rings is 2. The fourth-order valence-electron chi connectivity index (χ4n) is 4.86. The summed E-state index contributed by atoms with van der Waals surface area (Å²) in [5.74, 6) is 2.50. The second kappa shape index (κ2) is 10.1. The van der Waals surface area contributed by atoms with E-state index in [1.54, 1.807) is 14.2 Å². The zero-order valence-electron chi connectivity index (χ0n) is 20.4. The fraction of sp³-hybridized carbons (Fsp3) is 0.444. The number of hydrogen-bond donors (Lipinski definition) is 0. The van der Waals surface area contributed by atoms with Gasteiger partial charge in [-0.25, -0.2) is 4.98 Å². The van der Waals surface area contributed by atoms with Crippen LogP contribution in [0.3, 0.4) is 0 Å². The summed E-state index contributed by atoms with van der Waals surface area (Å²) in [6.07, 6.45) is 2.85. The third-order valence-corrected chi connectivity index (χ3v) is 6.96. The molecule has 1 saturated carbocycles. The Bertz CT molecular complexity index is 1280. The number of piperazine rings is 1. The number of carbonyl (C=O) groups is 1. The summed E-state index contributed by atoms with van der Waals surface area (Å²) in [5, 5.41) is 0.651. The van der Waals surface area contributed by atoms with Crippen LogP contribution in [-0.4, -0.2) is 65.7 Å². The van der Waals surface area contributed by atoms with Crippen molar-refractivity contribution >= 4 is 16.8 Å². The number of hydrogen-bond acceptors (Lipinski definition) is 6. The Kier molecular flexibility index (Phi) is 6.72. The minimum absolute atomic E-state index is 0.0159. The van der Waals surface area contributed by atoms with Crippen LogP contribution in [0.25, 0.3) is 10.9 Å². The van der Waals surface area contributed by atoms with Crippen LogP contribution in [0.2, 0.25) is 0 Å². The molecule has 2 fully saturated rings. The number of fused-ring (bicyclic) bond motifs is 1. The summed E-state index contributed by atoms with van der Waals surface area (Å²) in [4.78, 5) is 35.1. The molecular weight excluding hydrogens is 444 g/mol. The minimum Gasteiger partial charge on any atom is -0.497 e. The molecule has 184 valence electrons. The van der Waals surface area contributed by atoms with E-state index in [2.05, 4.69) is 4.90 Å². The molecule has 35 heavy (non-hydrogen) atoms. The van der Waals surface area contributed by atoms with Gasteiger partial charge < -0.3 is 14.4 Å². The van der Waals surface area contributed by atoms with Crippen molar-refractivity contribution in [2.75, 3.05) is 40.4 Å². The molecule has 1 aliphatic carbocycles. The molecule has 2 aliphatic rings. The van der Waals surface area contributed by atoms with Crippen LogP contribution < -0.4 is 15.0 Å². The molecule has 0 radical (unpaired) electrons. The molecule has 0 unspecified atom stereocenters. The first-order valence-corrected chi connectivity index (χ1v) is 12.3. The smallest absolute Gasteiger partial charge is 0.261 e. The molecule has 0 atom stereocenters. The van der Waals surface area contributed by atoms with Crippen molar-refractivity contribution in [2.24, 2.45) is 0 Å². The number of amides is 1. The van der Waals surface area contributed by atoms with Crippen LogP contribution in [0.15, 0.2) is 47.3 Å². The van der Waals surface area contributed by atoms with Gasteiger partial charge in [-0.2, -0.15) is 0 Å². The average molecular weight is 477 g/mol. The predicted molar refractivity (Wildman–Crippen MR) is 134 cm³/mol. The second-order valence-electron chi connectivity index (χ2n) is 9.29. The lowest BCUT2D eigenvalue weighted by Crippen LogP contribution is -2.48. The maximum atomic E-state index is 13.1. The third-order valence-electron chi connectivity index (χ3n) is 6.96. The van der Waals surface area contributed by atoms with Gasteiger partial charge in [0.1, 0.15) is 17.3 Å². The average Bonchev–Trinajstić information content (AvgIpc) is 3.73. The molecule has 0 spiro atoms. The quantitative estimate of drug-likeness (QED) is 0.498. The standard InChI is InChI=1S/C27H32N4O4/c1-34-21-9-10-24(35-2)19(17-21)18-29-13-15-30(16-14-29)26(32)12-11-25-28-23-6-4-3-5-22(23)27(33)31(25)20-7-8-20/h3-6,9-10,17,20H,7-8,11-16,18H2,1-2H3. The first kappa shape index (κ1) is 23.4. The number of ether oxygens (including phenoxy) is 2. The summed E-state index contributed by atoms with van der Waals surface area (Å²) in [6.45, 7) is 3.72. The highest BCUT2D eigenvalue weighted by Gasteiger charge is 2.29. The van der Waals surface area contributed by atoms with Crippen molar-refractivity contribution in [1.29, 1.82) is 0 Å². The van der Waals surface area contributed by atoms with Crippen LogP contribution in [0.5, 0.6) is 11.5 Å². The number of aryl methyl sites for hydroxylation is 1. The van der Waals surface area contributed by atoms with E-state index in [1.165, 1.54) is 0 Å². The summed E-state index contributed by atoms with van der Waals surface area (Å²) in [5.41, 5.74) is 1.80. The Hall–Kier alpha value is -3.39. The van der Waals surface area contributed by atoms with Crippen LogP contribution in [-0.2, 0) is 17.8 Å². The van der Waals surface area contributed by atoms with Crippen molar-refractivity contribution in [2.45, 2.75) is 38.3 Å². The van der Waals surface area contributed by atoms with Crippen LogP contribution in [0.1, 0.15) is 36.7 Å². The van der Waals surface area contributed by atoms with Gasteiger partial charge in [0.25, 0.3) is 5.56 Å². The molecule has 1 saturated heterocycles. The van der Waals surface area contributed by atoms with Crippen LogP contribution >= 0.6 is 0 Å². The van der Waals surface area contributed by atoms with Crippen molar-refractivity contribution < 1.29 is 14.3 Å². The number of methoxy groups -OCH3 is 2. The molecular formula is C27H32N4O4. The molecule has 8 nitrogen and oxygen atoms in total. The van der Waals surface area contributed by atoms with E-state index in [-0.39, 0.29) is 17.5 Å². The summed E-state index contributed by atoms with van der Waals surface area (Å²) in [7, 11) is 3.34. The van der Waals surface area contributed by atoms with E-state index in [1.807, 2.05) is 51.9 Å². The van der Waals surface area contributed by atoms with Gasteiger partial charge in [0, 0.05) is 57.2 Å². The SMILES string of the molecule is COc1ccc(OC)c(CN2CCN(C(=O)CCc3nc4ccccc4c(=O)n3C3CC3)CC2)c1. The van der Waals surface area contributed by atoms with Gasteiger partial charge in [-0.1, -0.05) is 12.1 Å². The summed E-state index contributed by atoms with van der Waals surface area (Å²) in [6, 6.07) is 13.5. The van der Waals surface area contributed by atoms with Gasteiger partial charge in [-0.05, 0) is 43.2 Å². The summed E-state index contributed by atoms with van der Waals surface area (Å²) < 4.78 is 12.7. The fourth-order valence-corrected chi connectivity index (χ4v) is 4.86. The second-order valence-corrected chi connectivity index (χ2v) is 9.29.